The first-order valence-electron chi connectivity index (χ1n) is 5.85. The van der Waals surface area contributed by atoms with Gasteiger partial charge < -0.3 is 15.2 Å². The normalized spacial score (nSPS) is 17.2. The predicted molar refractivity (Wildman–Crippen MR) is 66.5 cm³/mol. The Morgan fingerprint density at radius 2 is 2.28 bits per heavy atom. The molecule has 5 nitrogen and oxygen atoms in total. The average Bonchev–Trinajstić information content (AvgIpc) is 2.41. The fraction of sp³-hybridized carbons (Fsp3) is 0.385. The van der Waals surface area contributed by atoms with Crippen molar-refractivity contribution >= 4 is 5.70 Å². The Balaban J connectivity index is 1.99. The van der Waals surface area contributed by atoms with E-state index in [0.717, 1.165) is 31.8 Å². The Hall–Kier alpha value is -2.06. The fourth-order valence-electron chi connectivity index (χ4n) is 1.75. The van der Waals surface area contributed by atoms with Crippen LogP contribution in [-0.4, -0.2) is 24.3 Å². The molecule has 0 bridgehead atoms. The average molecular weight is 245 g/mol. The van der Waals surface area contributed by atoms with E-state index < -0.39 is 0 Å². The van der Waals surface area contributed by atoms with E-state index in [1.54, 1.807) is 12.3 Å². The third-order valence-corrected chi connectivity index (χ3v) is 2.72. The molecule has 1 aliphatic heterocycles. The maximum atomic E-state index is 8.50. The van der Waals surface area contributed by atoms with Crippen molar-refractivity contribution in [1.29, 1.82) is 5.26 Å². The number of allylic oxidation sites excluding steroid dienone is 1. The molecule has 0 spiro atoms. The molecule has 5 heteroatoms. The molecule has 2 rings (SSSR count). The highest BCUT2D eigenvalue weighted by atomic mass is 16.5. The van der Waals surface area contributed by atoms with E-state index in [-0.39, 0.29) is 6.10 Å². The Labute approximate surface area is 106 Å². The van der Waals surface area contributed by atoms with Gasteiger partial charge in [-0.3, -0.25) is 4.98 Å². The number of pyridine rings is 1. The third kappa shape index (κ3) is 3.22. The molecular weight excluding hydrogens is 230 g/mol. The molecule has 2 N–H and O–H groups in total. The minimum absolute atomic E-state index is 0.193. The second-order valence-corrected chi connectivity index (χ2v) is 4.04. The lowest BCUT2D eigenvalue weighted by Gasteiger charge is -2.23. The SMILES string of the molecule is N#C/C=C(\N)c1ccc(OC2CCOCC2)cn1. The Bertz CT molecular complexity index is 456. The van der Waals surface area contributed by atoms with E-state index in [1.807, 2.05) is 12.1 Å². The first-order valence-corrected chi connectivity index (χ1v) is 5.85. The number of hydrogen-bond acceptors (Lipinski definition) is 5. The number of nitrogens with two attached hydrogens (primary N) is 1. The summed E-state index contributed by atoms with van der Waals surface area (Å²) in [4.78, 5) is 4.16. The molecule has 1 aliphatic rings. The summed E-state index contributed by atoms with van der Waals surface area (Å²) in [6.07, 6.45) is 4.89. The minimum atomic E-state index is 0.193. The van der Waals surface area contributed by atoms with Crippen LogP contribution in [0.5, 0.6) is 5.75 Å². The van der Waals surface area contributed by atoms with E-state index in [4.69, 9.17) is 20.5 Å². The zero-order chi connectivity index (χ0) is 12.8. The molecule has 94 valence electrons. The maximum absolute atomic E-state index is 8.50. The fourth-order valence-corrected chi connectivity index (χ4v) is 1.75. The first kappa shape index (κ1) is 12.4. The number of nitrogens with zero attached hydrogens (tertiary/aromatic N) is 2. The van der Waals surface area contributed by atoms with Crippen molar-refractivity contribution in [3.05, 3.63) is 30.1 Å². The quantitative estimate of drug-likeness (QED) is 0.815. The molecule has 0 atom stereocenters. The van der Waals surface area contributed by atoms with Crippen molar-refractivity contribution < 1.29 is 9.47 Å². The van der Waals surface area contributed by atoms with Gasteiger partial charge in [-0.05, 0) is 12.1 Å². The van der Waals surface area contributed by atoms with Gasteiger partial charge in [-0.1, -0.05) is 0 Å². The topological polar surface area (TPSA) is 81.2 Å². The summed E-state index contributed by atoms with van der Waals surface area (Å²) in [7, 11) is 0. The minimum Gasteiger partial charge on any atom is -0.489 e. The van der Waals surface area contributed by atoms with Gasteiger partial charge >= 0.3 is 0 Å². The highest BCUT2D eigenvalue weighted by Crippen LogP contribution is 2.18. The van der Waals surface area contributed by atoms with Gasteiger partial charge in [0.05, 0.1) is 36.9 Å². The van der Waals surface area contributed by atoms with Gasteiger partial charge in [0.2, 0.25) is 0 Å². The summed E-state index contributed by atoms with van der Waals surface area (Å²) in [5, 5.41) is 8.50. The smallest absolute Gasteiger partial charge is 0.138 e. The van der Waals surface area contributed by atoms with Crippen LogP contribution in [0, 0.1) is 11.3 Å². The van der Waals surface area contributed by atoms with Gasteiger partial charge in [0.15, 0.2) is 0 Å². The number of hydrogen-bond donors (Lipinski definition) is 1. The monoisotopic (exact) mass is 245 g/mol. The highest BCUT2D eigenvalue weighted by Gasteiger charge is 2.15. The van der Waals surface area contributed by atoms with Crippen LogP contribution in [0.1, 0.15) is 18.5 Å². The predicted octanol–water partition coefficient (Wildman–Crippen LogP) is 1.46. The van der Waals surface area contributed by atoms with Crippen LogP contribution in [-0.2, 0) is 4.74 Å². The summed E-state index contributed by atoms with van der Waals surface area (Å²) < 4.78 is 11.0. The maximum Gasteiger partial charge on any atom is 0.138 e. The Morgan fingerprint density at radius 3 is 2.89 bits per heavy atom. The van der Waals surface area contributed by atoms with Gasteiger partial charge in [-0.25, -0.2) is 0 Å². The molecule has 1 fully saturated rings. The van der Waals surface area contributed by atoms with E-state index in [9.17, 15) is 0 Å². The third-order valence-electron chi connectivity index (χ3n) is 2.72. The van der Waals surface area contributed by atoms with Gasteiger partial charge in [0, 0.05) is 18.9 Å². The lowest BCUT2D eigenvalue weighted by Crippen LogP contribution is -2.25. The van der Waals surface area contributed by atoms with Crippen molar-refractivity contribution in [1.82, 2.24) is 4.98 Å². The van der Waals surface area contributed by atoms with Crippen LogP contribution >= 0.6 is 0 Å². The van der Waals surface area contributed by atoms with E-state index in [0.29, 0.717) is 11.4 Å². The standard InChI is InChI=1S/C13H15N3O2/c14-6-3-12(15)13-2-1-11(9-16-13)18-10-4-7-17-8-5-10/h1-3,9-10H,4-5,7-8,15H2/b12-3-. The molecule has 1 saturated heterocycles. The molecular formula is C13H15N3O2. The van der Waals surface area contributed by atoms with Crippen LogP contribution in [0.15, 0.2) is 24.4 Å². The lowest BCUT2D eigenvalue weighted by molar-refractivity contribution is 0.0254. The summed E-state index contributed by atoms with van der Waals surface area (Å²) in [5.41, 5.74) is 6.59. The van der Waals surface area contributed by atoms with E-state index >= 15 is 0 Å². The second kappa shape index (κ2) is 6.03. The Morgan fingerprint density at radius 1 is 1.50 bits per heavy atom. The van der Waals surface area contributed by atoms with Crippen molar-refractivity contribution in [3.8, 4) is 11.8 Å². The van der Waals surface area contributed by atoms with Gasteiger partial charge in [0.25, 0.3) is 0 Å². The largest absolute Gasteiger partial charge is 0.489 e. The molecule has 0 amide bonds. The van der Waals surface area contributed by atoms with Crippen molar-refractivity contribution in [2.24, 2.45) is 5.73 Å². The van der Waals surface area contributed by atoms with Crippen molar-refractivity contribution in [3.63, 3.8) is 0 Å². The molecule has 0 aromatic carbocycles. The van der Waals surface area contributed by atoms with Gasteiger partial charge in [-0.2, -0.15) is 5.26 Å². The number of aromatic nitrogens is 1. The summed E-state index contributed by atoms with van der Waals surface area (Å²) in [6.45, 7) is 1.49. The zero-order valence-electron chi connectivity index (χ0n) is 10.0. The van der Waals surface area contributed by atoms with Crippen molar-refractivity contribution in [2.45, 2.75) is 18.9 Å². The molecule has 1 aromatic rings. The molecule has 18 heavy (non-hydrogen) atoms. The summed E-state index contributed by atoms with van der Waals surface area (Å²) >= 11 is 0. The van der Waals surface area contributed by atoms with E-state index in [2.05, 4.69) is 4.98 Å². The number of nitriles is 1. The second-order valence-electron chi connectivity index (χ2n) is 4.04. The van der Waals surface area contributed by atoms with Crippen molar-refractivity contribution in [2.75, 3.05) is 13.2 Å². The van der Waals surface area contributed by atoms with Gasteiger partial charge in [-0.15, -0.1) is 0 Å². The number of ether oxygens (including phenoxy) is 2. The Kier molecular flexibility index (Phi) is 4.15. The van der Waals surface area contributed by atoms with Gasteiger partial charge in [0.1, 0.15) is 11.9 Å². The zero-order valence-corrected chi connectivity index (χ0v) is 10.0. The number of rotatable bonds is 3. The highest BCUT2D eigenvalue weighted by molar-refractivity contribution is 5.61. The van der Waals surface area contributed by atoms with Crippen LogP contribution < -0.4 is 10.5 Å². The molecule has 0 saturated carbocycles. The van der Waals surface area contributed by atoms with E-state index in [1.165, 1.54) is 6.08 Å². The molecule has 0 unspecified atom stereocenters. The van der Waals surface area contributed by atoms with Crippen LogP contribution in [0.2, 0.25) is 0 Å². The van der Waals surface area contributed by atoms with Crippen LogP contribution in [0.3, 0.4) is 0 Å². The molecule has 0 radical (unpaired) electrons. The summed E-state index contributed by atoms with van der Waals surface area (Å²) in [6, 6.07) is 5.44. The summed E-state index contributed by atoms with van der Waals surface area (Å²) in [5.74, 6) is 0.718. The first-order chi connectivity index (χ1) is 8.79. The molecule has 2 heterocycles. The molecule has 0 aliphatic carbocycles. The van der Waals surface area contributed by atoms with Crippen LogP contribution in [0.4, 0.5) is 0 Å². The molecule has 1 aromatic heterocycles. The van der Waals surface area contributed by atoms with Crippen LogP contribution in [0.25, 0.3) is 5.70 Å². The lowest BCUT2D eigenvalue weighted by atomic mass is 10.1.